The Hall–Kier alpha value is -3.51. The van der Waals surface area contributed by atoms with Crippen molar-refractivity contribution in [2.75, 3.05) is 17.7 Å². The predicted octanol–water partition coefficient (Wildman–Crippen LogP) is 4.82. The van der Waals surface area contributed by atoms with Gasteiger partial charge in [0.1, 0.15) is 5.75 Å². The summed E-state index contributed by atoms with van der Waals surface area (Å²) >= 11 is 5.83. The zero-order valence-electron chi connectivity index (χ0n) is 15.6. The highest BCUT2D eigenvalue weighted by molar-refractivity contribution is 6.33. The van der Waals surface area contributed by atoms with Crippen LogP contribution in [0.15, 0.2) is 66.7 Å². The average molecular weight is 411 g/mol. The molecule has 0 bridgehead atoms. The van der Waals surface area contributed by atoms with Crippen molar-refractivity contribution in [1.29, 1.82) is 0 Å². The van der Waals surface area contributed by atoms with Crippen LogP contribution < -0.4 is 15.8 Å². The number of halogens is 1. The lowest BCUT2D eigenvalue weighted by Crippen LogP contribution is -2.21. The number of rotatable bonds is 6. The maximum Gasteiger partial charge on any atom is 0.338 e. The van der Waals surface area contributed by atoms with Crippen molar-refractivity contribution < 1.29 is 19.1 Å². The number of hydrogen-bond donors (Lipinski definition) is 2. The molecule has 1 amide bonds. The summed E-state index contributed by atoms with van der Waals surface area (Å²) in [7, 11) is 0. The Morgan fingerprint density at radius 2 is 1.76 bits per heavy atom. The van der Waals surface area contributed by atoms with Gasteiger partial charge in [-0.15, -0.1) is 0 Å². The number of carbonyl (C=O) groups excluding carboxylic acids is 2. The first-order valence-electron chi connectivity index (χ1n) is 8.78. The third kappa shape index (κ3) is 5.49. The van der Waals surface area contributed by atoms with Crippen LogP contribution in [0.25, 0.3) is 0 Å². The summed E-state index contributed by atoms with van der Waals surface area (Å²) in [6.07, 6.45) is 0. The minimum Gasteiger partial charge on any atom is -0.455 e. The van der Waals surface area contributed by atoms with Gasteiger partial charge >= 0.3 is 5.97 Å². The minimum absolute atomic E-state index is 0.211. The van der Waals surface area contributed by atoms with Crippen LogP contribution in [-0.2, 0) is 9.53 Å². The van der Waals surface area contributed by atoms with Crippen molar-refractivity contribution in [3.8, 4) is 11.5 Å². The van der Waals surface area contributed by atoms with Gasteiger partial charge in [-0.1, -0.05) is 41.4 Å². The summed E-state index contributed by atoms with van der Waals surface area (Å²) in [6, 6.07) is 18.9. The van der Waals surface area contributed by atoms with E-state index in [-0.39, 0.29) is 11.3 Å². The first-order chi connectivity index (χ1) is 13.9. The van der Waals surface area contributed by atoms with E-state index in [1.54, 1.807) is 24.3 Å². The van der Waals surface area contributed by atoms with Crippen LogP contribution in [0.4, 0.5) is 11.4 Å². The Balaban J connectivity index is 1.61. The van der Waals surface area contributed by atoms with Gasteiger partial charge in [-0.3, -0.25) is 4.79 Å². The lowest BCUT2D eigenvalue weighted by Gasteiger charge is -2.12. The van der Waals surface area contributed by atoms with E-state index in [9.17, 15) is 9.59 Å². The average Bonchev–Trinajstić information content (AvgIpc) is 2.71. The van der Waals surface area contributed by atoms with Crippen molar-refractivity contribution >= 4 is 34.9 Å². The summed E-state index contributed by atoms with van der Waals surface area (Å²) < 4.78 is 10.9. The molecule has 0 atom stereocenters. The Morgan fingerprint density at radius 1 is 1.03 bits per heavy atom. The number of hydrogen-bond acceptors (Lipinski definition) is 5. The standard InChI is InChI=1S/C22H19ClN2O4/c1-14-6-9-16(10-7-14)29-20-5-3-2-4-19(20)25-21(26)13-28-22(27)15-8-11-17(23)18(24)12-15/h2-12H,13,24H2,1H3,(H,25,26). The molecule has 29 heavy (non-hydrogen) atoms. The molecule has 148 valence electrons. The number of para-hydroxylation sites is 2. The second-order valence-corrected chi connectivity index (χ2v) is 6.68. The fourth-order valence-corrected chi connectivity index (χ4v) is 2.58. The van der Waals surface area contributed by atoms with E-state index in [4.69, 9.17) is 26.8 Å². The second-order valence-electron chi connectivity index (χ2n) is 6.27. The molecule has 0 aliphatic rings. The largest absolute Gasteiger partial charge is 0.455 e. The molecule has 0 saturated heterocycles. The number of nitrogen functional groups attached to an aromatic ring is 1. The molecule has 0 spiro atoms. The molecule has 3 rings (SSSR count). The van der Waals surface area contributed by atoms with Crippen molar-refractivity contribution in [3.05, 3.63) is 82.9 Å². The quantitative estimate of drug-likeness (QED) is 0.449. The number of nitrogens with one attached hydrogen (secondary N) is 1. The van der Waals surface area contributed by atoms with E-state index in [0.29, 0.717) is 22.2 Å². The molecular weight excluding hydrogens is 392 g/mol. The van der Waals surface area contributed by atoms with Gasteiger partial charge in [-0.05, 0) is 49.4 Å². The highest BCUT2D eigenvalue weighted by Gasteiger charge is 2.13. The maximum atomic E-state index is 12.2. The topological polar surface area (TPSA) is 90.6 Å². The number of nitrogens with two attached hydrogens (primary N) is 1. The maximum absolute atomic E-state index is 12.2. The normalized spacial score (nSPS) is 10.3. The summed E-state index contributed by atoms with van der Waals surface area (Å²) in [6.45, 7) is 1.53. The van der Waals surface area contributed by atoms with Gasteiger partial charge in [0.15, 0.2) is 12.4 Å². The van der Waals surface area contributed by atoms with Crippen LogP contribution in [-0.4, -0.2) is 18.5 Å². The SMILES string of the molecule is Cc1ccc(Oc2ccccc2NC(=O)COC(=O)c2ccc(Cl)c(N)c2)cc1. The number of ether oxygens (including phenoxy) is 2. The molecular formula is C22H19ClN2O4. The first-order valence-corrected chi connectivity index (χ1v) is 9.16. The first kappa shape index (κ1) is 20.2. The zero-order chi connectivity index (χ0) is 20.8. The van der Waals surface area contributed by atoms with E-state index >= 15 is 0 Å². The van der Waals surface area contributed by atoms with Gasteiger partial charge in [-0.2, -0.15) is 0 Å². The predicted molar refractivity (Wildman–Crippen MR) is 112 cm³/mol. The van der Waals surface area contributed by atoms with Crippen molar-refractivity contribution in [2.45, 2.75) is 6.92 Å². The molecule has 0 heterocycles. The Kier molecular flexibility index (Phi) is 6.36. The van der Waals surface area contributed by atoms with E-state index in [1.807, 2.05) is 31.2 Å². The number of aryl methyl sites for hydroxylation is 1. The van der Waals surface area contributed by atoms with Crippen LogP contribution in [0.1, 0.15) is 15.9 Å². The van der Waals surface area contributed by atoms with Crippen LogP contribution in [0, 0.1) is 6.92 Å². The lowest BCUT2D eigenvalue weighted by atomic mass is 10.2. The number of carbonyl (C=O) groups is 2. The summed E-state index contributed by atoms with van der Waals surface area (Å²) in [5.41, 5.74) is 7.72. The van der Waals surface area contributed by atoms with Gasteiger partial charge < -0.3 is 20.5 Å². The number of amides is 1. The highest BCUT2D eigenvalue weighted by atomic mass is 35.5. The molecule has 0 unspecified atom stereocenters. The summed E-state index contributed by atoms with van der Waals surface area (Å²) in [5.74, 6) is -0.0569. The van der Waals surface area contributed by atoms with Gasteiger partial charge in [-0.25, -0.2) is 4.79 Å². The summed E-state index contributed by atoms with van der Waals surface area (Å²) in [5, 5.41) is 3.02. The molecule has 0 aromatic heterocycles. The molecule has 7 heteroatoms. The lowest BCUT2D eigenvalue weighted by molar-refractivity contribution is -0.119. The molecule has 0 aliphatic heterocycles. The fraction of sp³-hybridized carbons (Fsp3) is 0.0909. The minimum atomic E-state index is -0.673. The van der Waals surface area contributed by atoms with Crippen molar-refractivity contribution in [3.63, 3.8) is 0 Å². The van der Waals surface area contributed by atoms with Gasteiger partial charge in [0.05, 0.1) is 22.0 Å². The third-order valence-corrected chi connectivity index (χ3v) is 4.32. The molecule has 3 aromatic rings. The molecule has 6 nitrogen and oxygen atoms in total. The van der Waals surface area contributed by atoms with Crippen LogP contribution >= 0.6 is 11.6 Å². The molecule has 0 saturated carbocycles. The number of anilines is 2. The molecule has 3 N–H and O–H groups in total. The smallest absolute Gasteiger partial charge is 0.338 e. The van der Waals surface area contributed by atoms with Crippen molar-refractivity contribution in [2.24, 2.45) is 0 Å². The van der Waals surface area contributed by atoms with Crippen molar-refractivity contribution in [1.82, 2.24) is 0 Å². The second kappa shape index (κ2) is 9.12. The Morgan fingerprint density at radius 3 is 2.48 bits per heavy atom. The van der Waals surface area contributed by atoms with E-state index in [2.05, 4.69) is 5.32 Å². The van der Waals surface area contributed by atoms with Crippen LogP contribution in [0.2, 0.25) is 5.02 Å². The van der Waals surface area contributed by atoms with E-state index < -0.39 is 18.5 Å². The number of benzene rings is 3. The van der Waals surface area contributed by atoms with Gasteiger partial charge in [0.2, 0.25) is 0 Å². The fourth-order valence-electron chi connectivity index (χ4n) is 2.46. The Labute approximate surface area is 173 Å². The highest BCUT2D eigenvalue weighted by Crippen LogP contribution is 2.29. The molecule has 0 aliphatic carbocycles. The van der Waals surface area contributed by atoms with E-state index in [1.165, 1.54) is 18.2 Å². The third-order valence-electron chi connectivity index (χ3n) is 3.98. The monoisotopic (exact) mass is 410 g/mol. The van der Waals surface area contributed by atoms with E-state index in [0.717, 1.165) is 5.56 Å². The van der Waals surface area contributed by atoms with Gasteiger partial charge in [0, 0.05) is 0 Å². The summed E-state index contributed by atoms with van der Waals surface area (Å²) in [4.78, 5) is 24.3. The molecule has 0 radical (unpaired) electrons. The Bertz CT molecular complexity index is 1040. The number of esters is 1. The molecule has 0 fully saturated rings. The van der Waals surface area contributed by atoms with Gasteiger partial charge in [0.25, 0.3) is 5.91 Å². The molecule has 3 aromatic carbocycles. The van der Waals surface area contributed by atoms with Crippen LogP contribution in [0.5, 0.6) is 11.5 Å². The van der Waals surface area contributed by atoms with Crippen LogP contribution in [0.3, 0.4) is 0 Å². The zero-order valence-corrected chi connectivity index (χ0v) is 16.4.